The molecule has 32 heavy (non-hydrogen) atoms. The van der Waals surface area contributed by atoms with Gasteiger partial charge >= 0.3 is 12.1 Å². The lowest BCUT2D eigenvalue weighted by atomic mass is 10.0. The van der Waals surface area contributed by atoms with Crippen molar-refractivity contribution in [1.82, 2.24) is 15.3 Å². The normalized spacial score (nSPS) is 14.7. The Kier molecular flexibility index (Phi) is 6.77. The fourth-order valence-electron chi connectivity index (χ4n) is 3.11. The van der Waals surface area contributed by atoms with Crippen LogP contribution in [0.1, 0.15) is 28.8 Å². The average Bonchev–Trinajstić information content (AvgIpc) is 2.73. The Morgan fingerprint density at radius 3 is 2.50 bits per heavy atom. The number of carbonyl (C=O) groups excluding carboxylic acids is 2. The van der Waals surface area contributed by atoms with E-state index in [9.17, 15) is 27.2 Å². The summed E-state index contributed by atoms with van der Waals surface area (Å²) in [4.78, 5) is 32.2. The van der Waals surface area contributed by atoms with Crippen LogP contribution in [0.5, 0.6) is 11.5 Å². The summed E-state index contributed by atoms with van der Waals surface area (Å²) in [5, 5.41) is 6.31. The molecule has 172 valence electrons. The van der Waals surface area contributed by atoms with Gasteiger partial charge in [0, 0.05) is 18.3 Å². The largest absolute Gasteiger partial charge is 0.492 e. The van der Waals surface area contributed by atoms with E-state index in [1.807, 2.05) is 0 Å². The van der Waals surface area contributed by atoms with Crippen LogP contribution >= 0.6 is 0 Å². The number of nitrogens with zero attached hydrogens (tertiary/aromatic N) is 2. The topological polar surface area (TPSA) is 128 Å². The summed E-state index contributed by atoms with van der Waals surface area (Å²) in [5.74, 6) is -6.21. The molecule has 1 aliphatic rings. The Hall–Kier alpha value is -3.48. The Morgan fingerprint density at radius 2 is 1.91 bits per heavy atom. The molecule has 0 saturated carbocycles. The molecule has 0 radical (unpaired) electrons. The maximum absolute atomic E-state index is 14.0. The fourth-order valence-corrected chi connectivity index (χ4v) is 3.11. The van der Waals surface area contributed by atoms with Gasteiger partial charge in [-0.3, -0.25) is 4.79 Å². The number of nitrogens with two attached hydrogens (primary N) is 1. The van der Waals surface area contributed by atoms with Crippen LogP contribution in [-0.2, 0) is 4.79 Å². The molecule has 0 amide bonds. The molecule has 1 saturated heterocycles. The summed E-state index contributed by atoms with van der Waals surface area (Å²) >= 11 is 0. The van der Waals surface area contributed by atoms with Crippen LogP contribution < -0.4 is 25.8 Å². The highest BCUT2D eigenvalue weighted by atomic mass is 19.4. The van der Waals surface area contributed by atoms with E-state index < -0.39 is 40.8 Å². The van der Waals surface area contributed by atoms with E-state index in [0.717, 1.165) is 39.2 Å². The molecule has 0 aliphatic carbocycles. The summed E-state index contributed by atoms with van der Waals surface area (Å²) in [7, 11) is 1.01. The smallest absolute Gasteiger partial charge is 0.491 e. The predicted octanol–water partition coefficient (Wildman–Crippen LogP) is 2.07. The van der Waals surface area contributed by atoms with Crippen molar-refractivity contribution in [2.75, 3.05) is 31.2 Å². The van der Waals surface area contributed by atoms with Crippen LogP contribution in [0.15, 0.2) is 18.3 Å². The van der Waals surface area contributed by atoms with E-state index in [2.05, 4.69) is 25.3 Å². The van der Waals surface area contributed by atoms with Crippen molar-refractivity contribution in [1.29, 1.82) is 0 Å². The average molecular weight is 457 g/mol. The molecule has 1 aromatic carbocycles. The van der Waals surface area contributed by atoms with Crippen LogP contribution in [0.25, 0.3) is 0 Å². The first-order valence-corrected chi connectivity index (χ1v) is 9.41. The SMILES string of the molecule is COc1c(OC(=O)C(F)(F)F)cc(F)cc1C(=O)c1cnc(NC2CCNCC2)nc1N. The number of nitrogen functional groups attached to an aromatic ring is 1. The molecular weight excluding hydrogens is 438 g/mol. The van der Waals surface area contributed by atoms with Gasteiger partial charge in [-0.2, -0.15) is 18.2 Å². The molecule has 4 N–H and O–H groups in total. The summed E-state index contributed by atoms with van der Waals surface area (Å²) in [5.41, 5.74) is 5.12. The number of anilines is 2. The van der Waals surface area contributed by atoms with Gasteiger partial charge in [-0.25, -0.2) is 14.2 Å². The van der Waals surface area contributed by atoms with E-state index in [1.54, 1.807) is 0 Å². The maximum Gasteiger partial charge on any atom is 0.491 e. The van der Waals surface area contributed by atoms with Crippen molar-refractivity contribution >= 4 is 23.5 Å². The predicted molar refractivity (Wildman–Crippen MR) is 104 cm³/mol. The number of aromatic nitrogens is 2. The third-order valence-corrected chi connectivity index (χ3v) is 4.64. The van der Waals surface area contributed by atoms with Crippen molar-refractivity contribution < 1.29 is 36.6 Å². The van der Waals surface area contributed by atoms with Crippen LogP contribution in [0.2, 0.25) is 0 Å². The summed E-state index contributed by atoms with van der Waals surface area (Å²) in [6, 6.07) is 1.32. The minimum atomic E-state index is -5.34. The number of esters is 1. The number of ether oxygens (including phenoxy) is 2. The van der Waals surface area contributed by atoms with E-state index in [1.165, 1.54) is 0 Å². The number of nitrogens with one attached hydrogen (secondary N) is 2. The number of ketones is 1. The Morgan fingerprint density at radius 1 is 1.22 bits per heavy atom. The van der Waals surface area contributed by atoms with Crippen LogP contribution in [0.4, 0.5) is 29.3 Å². The molecule has 13 heteroatoms. The second kappa shape index (κ2) is 9.34. The van der Waals surface area contributed by atoms with Gasteiger partial charge in [0.25, 0.3) is 0 Å². The zero-order valence-corrected chi connectivity index (χ0v) is 16.8. The molecule has 3 rings (SSSR count). The molecule has 2 heterocycles. The number of rotatable bonds is 6. The van der Waals surface area contributed by atoms with Crippen molar-refractivity contribution in [3.63, 3.8) is 0 Å². The monoisotopic (exact) mass is 457 g/mol. The molecule has 0 atom stereocenters. The number of hydrogen-bond acceptors (Lipinski definition) is 9. The van der Waals surface area contributed by atoms with Gasteiger partial charge in [0.1, 0.15) is 11.6 Å². The van der Waals surface area contributed by atoms with Crippen LogP contribution in [-0.4, -0.2) is 54.1 Å². The van der Waals surface area contributed by atoms with Gasteiger partial charge in [-0.1, -0.05) is 0 Å². The molecule has 1 aromatic heterocycles. The van der Waals surface area contributed by atoms with Gasteiger partial charge in [0.05, 0.1) is 18.2 Å². The number of halogens is 4. The number of hydrogen-bond donors (Lipinski definition) is 3. The standard InChI is InChI=1S/C19H19F4N5O4/c1-31-15-11(6-9(20)7-13(15)32-17(30)19(21,22)23)14(29)12-8-26-18(28-16(12)24)27-10-2-4-25-5-3-10/h6-8,10,25H,2-5H2,1H3,(H3,24,26,27,28). The third-order valence-electron chi connectivity index (χ3n) is 4.64. The second-order valence-corrected chi connectivity index (χ2v) is 6.86. The van der Waals surface area contributed by atoms with Gasteiger partial charge in [0.2, 0.25) is 11.7 Å². The van der Waals surface area contributed by atoms with Gasteiger partial charge in [-0.15, -0.1) is 0 Å². The summed E-state index contributed by atoms with van der Waals surface area (Å²) < 4.78 is 60.7. The number of methoxy groups -OCH3 is 1. The molecule has 0 spiro atoms. The number of benzene rings is 1. The molecular formula is C19H19F4N5O4. The van der Waals surface area contributed by atoms with Crippen molar-refractivity contribution in [3.05, 3.63) is 35.3 Å². The summed E-state index contributed by atoms with van der Waals surface area (Å²) in [6.07, 6.45) is -2.55. The van der Waals surface area contributed by atoms with E-state index in [-0.39, 0.29) is 23.4 Å². The number of alkyl halides is 3. The van der Waals surface area contributed by atoms with Crippen molar-refractivity contribution in [3.8, 4) is 11.5 Å². The zero-order valence-electron chi connectivity index (χ0n) is 16.8. The molecule has 1 aliphatic heterocycles. The quantitative estimate of drug-likeness (QED) is 0.258. The first kappa shape index (κ1) is 23.2. The Labute approximate surface area is 179 Å². The lowest BCUT2D eigenvalue weighted by Crippen LogP contribution is -2.35. The van der Waals surface area contributed by atoms with Crippen LogP contribution in [0, 0.1) is 5.82 Å². The van der Waals surface area contributed by atoms with Gasteiger partial charge < -0.3 is 25.8 Å². The summed E-state index contributed by atoms with van der Waals surface area (Å²) in [6.45, 7) is 1.65. The first-order valence-electron chi connectivity index (χ1n) is 9.41. The minimum Gasteiger partial charge on any atom is -0.492 e. The highest BCUT2D eigenvalue weighted by Crippen LogP contribution is 2.35. The van der Waals surface area contributed by atoms with Crippen molar-refractivity contribution in [2.24, 2.45) is 0 Å². The highest BCUT2D eigenvalue weighted by molar-refractivity contribution is 6.13. The first-order chi connectivity index (χ1) is 15.1. The second-order valence-electron chi connectivity index (χ2n) is 6.86. The highest BCUT2D eigenvalue weighted by Gasteiger charge is 2.42. The zero-order chi connectivity index (χ0) is 23.5. The van der Waals surface area contributed by atoms with Gasteiger partial charge in [0.15, 0.2) is 11.5 Å². The molecule has 9 nitrogen and oxygen atoms in total. The Balaban J connectivity index is 1.90. The lowest BCUT2D eigenvalue weighted by Gasteiger charge is -2.23. The minimum absolute atomic E-state index is 0.117. The van der Waals surface area contributed by atoms with E-state index >= 15 is 0 Å². The molecule has 2 aromatic rings. The Bertz CT molecular complexity index is 1030. The number of carbonyl (C=O) groups is 2. The van der Waals surface area contributed by atoms with E-state index in [4.69, 9.17) is 10.5 Å². The third kappa shape index (κ3) is 5.22. The maximum atomic E-state index is 14.0. The molecule has 0 bridgehead atoms. The molecule has 1 fully saturated rings. The van der Waals surface area contributed by atoms with Gasteiger partial charge in [-0.05, 0) is 32.0 Å². The lowest BCUT2D eigenvalue weighted by molar-refractivity contribution is -0.189. The van der Waals surface area contributed by atoms with Crippen molar-refractivity contribution in [2.45, 2.75) is 25.1 Å². The fraction of sp³-hybridized carbons (Fsp3) is 0.368. The van der Waals surface area contributed by atoms with Crippen LogP contribution in [0.3, 0.4) is 0 Å². The molecule has 0 unspecified atom stereocenters. The number of piperidine rings is 1. The van der Waals surface area contributed by atoms with E-state index in [0.29, 0.717) is 12.1 Å².